The van der Waals surface area contributed by atoms with Gasteiger partial charge < -0.3 is 5.73 Å². The maximum Gasteiger partial charge on any atom is 0.184 e. The van der Waals surface area contributed by atoms with Gasteiger partial charge in [0, 0.05) is 12.1 Å². The molecule has 5 heteroatoms. The first-order valence-electron chi connectivity index (χ1n) is 4.67. The summed E-state index contributed by atoms with van der Waals surface area (Å²) in [5.41, 5.74) is 6.39. The largest absolute Gasteiger partial charge is 0.399 e. The molecular formula is C10H11FN4. The number of hydrogen-bond donors (Lipinski definition) is 2. The SMILES string of the molecule is CCc1nc(-c2cc(N)ccc2F)n[nH]1. The highest BCUT2D eigenvalue weighted by molar-refractivity contribution is 5.61. The molecule has 0 radical (unpaired) electrons. The maximum atomic E-state index is 13.4. The van der Waals surface area contributed by atoms with Crippen molar-refractivity contribution in [3.8, 4) is 11.4 Å². The molecule has 0 bridgehead atoms. The predicted molar refractivity (Wildman–Crippen MR) is 55.6 cm³/mol. The lowest BCUT2D eigenvalue weighted by Crippen LogP contribution is -1.91. The summed E-state index contributed by atoms with van der Waals surface area (Å²) in [5, 5.41) is 6.66. The Labute approximate surface area is 86.3 Å². The molecular weight excluding hydrogens is 195 g/mol. The van der Waals surface area contributed by atoms with Crippen LogP contribution in [0.3, 0.4) is 0 Å². The molecule has 0 amide bonds. The van der Waals surface area contributed by atoms with Gasteiger partial charge in [-0.3, -0.25) is 5.10 Å². The van der Waals surface area contributed by atoms with Gasteiger partial charge in [0.2, 0.25) is 0 Å². The summed E-state index contributed by atoms with van der Waals surface area (Å²) in [5.74, 6) is 0.703. The van der Waals surface area contributed by atoms with E-state index in [1.807, 2.05) is 6.92 Å². The molecule has 78 valence electrons. The van der Waals surface area contributed by atoms with Crippen LogP contribution in [0.2, 0.25) is 0 Å². The van der Waals surface area contributed by atoms with E-state index in [-0.39, 0.29) is 5.82 Å². The highest BCUT2D eigenvalue weighted by atomic mass is 19.1. The van der Waals surface area contributed by atoms with E-state index in [1.165, 1.54) is 18.2 Å². The van der Waals surface area contributed by atoms with Crippen LogP contribution in [0.5, 0.6) is 0 Å². The standard InChI is InChI=1S/C10H11FN4/c1-2-9-13-10(15-14-9)7-5-6(12)3-4-8(7)11/h3-5H,2,12H2,1H3,(H,13,14,15). The van der Waals surface area contributed by atoms with Gasteiger partial charge in [-0.2, -0.15) is 5.10 Å². The van der Waals surface area contributed by atoms with Gasteiger partial charge in [-0.25, -0.2) is 9.37 Å². The average Bonchev–Trinajstić information content (AvgIpc) is 2.70. The summed E-state index contributed by atoms with van der Waals surface area (Å²) in [6, 6.07) is 4.34. The minimum Gasteiger partial charge on any atom is -0.399 e. The van der Waals surface area contributed by atoms with E-state index < -0.39 is 0 Å². The van der Waals surface area contributed by atoms with Gasteiger partial charge in [0.1, 0.15) is 11.6 Å². The van der Waals surface area contributed by atoms with Crippen LogP contribution in [-0.2, 0) is 6.42 Å². The van der Waals surface area contributed by atoms with Gasteiger partial charge >= 0.3 is 0 Å². The van der Waals surface area contributed by atoms with Gasteiger partial charge in [0.15, 0.2) is 5.82 Å². The number of nitrogens with one attached hydrogen (secondary N) is 1. The Kier molecular flexibility index (Phi) is 2.37. The van der Waals surface area contributed by atoms with Crippen molar-refractivity contribution in [1.29, 1.82) is 0 Å². The maximum absolute atomic E-state index is 13.4. The number of anilines is 1. The molecule has 0 saturated carbocycles. The van der Waals surface area contributed by atoms with E-state index in [2.05, 4.69) is 15.2 Å². The smallest absolute Gasteiger partial charge is 0.184 e. The fourth-order valence-electron chi connectivity index (χ4n) is 1.29. The monoisotopic (exact) mass is 206 g/mol. The first kappa shape index (κ1) is 9.64. The molecule has 0 spiro atoms. The number of aromatic amines is 1. The van der Waals surface area contributed by atoms with E-state index in [0.717, 1.165) is 12.2 Å². The topological polar surface area (TPSA) is 67.6 Å². The minimum atomic E-state index is -0.370. The van der Waals surface area contributed by atoms with E-state index in [1.54, 1.807) is 0 Å². The van der Waals surface area contributed by atoms with Crippen LogP contribution in [0.1, 0.15) is 12.7 Å². The zero-order chi connectivity index (χ0) is 10.8. The summed E-state index contributed by atoms with van der Waals surface area (Å²) in [4.78, 5) is 4.14. The third-order valence-electron chi connectivity index (χ3n) is 2.10. The van der Waals surface area contributed by atoms with Gasteiger partial charge in [0.05, 0.1) is 5.56 Å². The zero-order valence-electron chi connectivity index (χ0n) is 8.29. The number of rotatable bonds is 2. The number of aromatic nitrogens is 3. The molecule has 15 heavy (non-hydrogen) atoms. The molecule has 0 saturated heterocycles. The number of hydrogen-bond acceptors (Lipinski definition) is 3. The number of nitrogen functional groups attached to an aromatic ring is 1. The van der Waals surface area contributed by atoms with Crippen molar-refractivity contribution in [3.05, 3.63) is 29.8 Å². The number of halogens is 1. The van der Waals surface area contributed by atoms with Crippen LogP contribution in [0.15, 0.2) is 18.2 Å². The van der Waals surface area contributed by atoms with Crippen LogP contribution >= 0.6 is 0 Å². The third-order valence-corrected chi connectivity index (χ3v) is 2.10. The Balaban J connectivity index is 2.48. The highest BCUT2D eigenvalue weighted by Gasteiger charge is 2.10. The second-order valence-corrected chi connectivity index (χ2v) is 3.20. The number of H-pyrrole nitrogens is 1. The minimum absolute atomic E-state index is 0.325. The van der Waals surface area contributed by atoms with Crippen molar-refractivity contribution in [2.45, 2.75) is 13.3 Å². The molecule has 1 aromatic carbocycles. The Morgan fingerprint density at radius 3 is 2.93 bits per heavy atom. The normalized spacial score (nSPS) is 10.5. The van der Waals surface area contributed by atoms with Crippen molar-refractivity contribution in [2.24, 2.45) is 0 Å². The molecule has 0 aliphatic heterocycles. The summed E-state index contributed by atoms with van der Waals surface area (Å²) in [6.07, 6.45) is 0.733. The summed E-state index contributed by atoms with van der Waals surface area (Å²) < 4.78 is 13.4. The molecule has 0 fully saturated rings. The number of aryl methyl sites for hydroxylation is 1. The van der Waals surface area contributed by atoms with Crippen molar-refractivity contribution >= 4 is 5.69 Å². The second-order valence-electron chi connectivity index (χ2n) is 3.20. The first-order valence-corrected chi connectivity index (χ1v) is 4.67. The van der Waals surface area contributed by atoms with Gasteiger partial charge in [-0.15, -0.1) is 0 Å². The molecule has 2 aromatic rings. The number of nitrogens with two attached hydrogens (primary N) is 1. The summed E-state index contributed by atoms with van der Waals surface area (Å²) in [7, 11) is 0. The third kappa shape index (κ3) is 1.81. The summed E-state index contributed by atoms with van der Waals surface area (Å²) >= 11 is 0. The summed E-state index contributed by atoms with van der Waals surface area (Å²) in [6.45, 7) is 1.94. The second kappa shape index (κ2) is 3.68. The van der Waals surface area contributed by atoms with E-state index in [9.17, 15) is 4.39 Å². The molecule has 0 unspecified atom stereocenters. The fourth-order valence-corrected chi connectivity index (χ4v) is 1.29. The van der Waals surface area contributed by atoms with E-state index in [0.29, 0.717) is 17.1 Å². The van der Waals surface area contributed by atoms with Crippen LogP contribution < -0.4 is 5.73 Å². The van der Waals surface area contributed by atoms with Crippen molar-refractivity contribution in [2.75, 3.05) is 5.73 Å². The van der Waals surface area contributed by atoms with Gasteiger partial charge in [-0.05, 0) is 18.2 Å². The Bertz CT molecular complexity index is 478. The molecule has 4 nitrogen and oxygen atoms in total. The van der Waals surface area contributed by atoms with Gasteiger partial charge in [0.25, 0.3) is 0 Å². The number of benzene rings is 1. The fraction of sp³-hybridized carbons (Fsp3) is 0.200. The highest BCUT2D eigenvalue weighted by Crippen LogP contribution is 2.21. The van der Waals surface area contributed by atoms with E-state index >= 15 is 0 Å². The lowest BCUT2D eigenvalue weighted by atomic mass is 10.2. The Morgan fingerprint density at radius 2 is 2.27 bits per heavy atom. The predicted octanol–water partition coefficient (Wildman–Crippen LogP) is 1.76. The molecule has 2 rings (SSSR count). The van der Waals surface area contributed by atoms with Crippen LogP contribution in [0, 0.1) is 5.82 Å². The Hall–Kier alpha value is -1.91. The number of nitrogens with zero attached hydrogens (tertiary/aromatic N) is 2. The van der Waals surface area contributed by atoms with Gasteiger partial charge in [-0.1, -0.05) is 6.92 Å². The van der Waals surface area contributed by atoms with Crippen molar-refractivity contribution in [1.82, 2.24) is 15.2 Å². The van der Waals surface area contributed by atoms with Crippen molar-refractivity contribution in [3.63, 3.8) is 0 Å². The Morgan fingerprint density at radius 1 is 1.47 bits per heavy atom. The quantitative estimate of drug-likeness (QED) is 0.735. The van der Waals surface area contributed by atoms with Crippen LogP contribution in [0.25, 0.3) is 11.4 Å². The average molecular weight is 206 g/mol. The van der Waals surface area contributed by atoms with Crippen molar-refractivity contribution < 1.29 is 4.39 Å². The molecule has 1 aromatic heterocycles. The zero-order valence-corrected chi connectivity index (χ0v) is 8.29. The molecule has 0 aliphatic rings. The lowest BCUT2D eigenvalue weighted by Gasteiger charge is -1.99. The van der Waals surface area contributed by atoms with E-state index in [4.69, 9.17) is 5.73 Å². The molecule has 0 aliphatic carbocycles. The lowest BCUT2D eigenvalue weighted by molar-refractivity contribution is 0.630. The molecule has 3 N–H and O–H groups in total. The van der Waals surface area contributed by atoms with Crippen LogP contribution in [0.4, 0.5) is 10.1 Å². The molecule has 1 heterocycles. The van der Waals surface area contributed by atoms with Crippen LogP contribution in [-0.4, -0.2) is 15.2 Å². The molecule has 0 atom stereocenters. The first-order chi connectivity index (χ1) is 7.20.